The molecule has 2 heterocycles. The van der Waals surface area contributed by atoms with Crippen LogP contribution in [0.25, 0.3) is 5.65 Å². The van der Waals surface area contributed by atoms with E-state index in [-0.39, 0.29) is 5.56 Å². The van der Waals surface area contributed by atoms with Crippen molar-refractivity contribution in [1.82, 2.24) is 9.38 Å². The second kappa shape index (κ2) is 4.18. The minimum Gasteiger partial charge on any atom is -0.362 e. The highest BCUT2D eigenvalue weighted by Crippen LogP contribution is 2.14. The van der Waals surface area contributed by atoms with E-state index in [0.717, 1.165) is 0 Å². The van der Waals surface area contributed by atoms with E-state index in [9.17, 15) is 9.59 Å². The van der Waals surface area contributed by atoms with Gasteiger partial charge >= 0.3 is 0 Å². The van der Waals surface area contributed by atoms with Crippen LogP contribution in [0, 0.1) is 0 Å². The van der Waals surface area contributed by atoms with E-state index in [1.807, 2.05) is 0 Å². The predicted molar refractivity (Wildman–Crippen MR) is 66.2 cm³/mol. The van der Waals surface area contributed by atoms with E-state index in [1.54, 1.807) is 31.1 Å². The van der Waals surface area contributed by atoms with Crippen LogP contribution in [0.2, 0.25) is 5.02 Å². The van der Waals surface area contributed by atoms with Gasteiger partial charge in [0.2, 0.25) is 0 Å². The molecule has 0 N–H and O–H groups in total. The first kappa shape index (κ1) is 11.6. The molecule has 0 aliphatic carbocycles. The molecule has 0 aliphatic rings. The molecule has 5 nitrogen and oxygen atoms in total. The Hall–Kier alpha value is -1.88. The number of pyridine rings is 1. The Kier molecular flexibility index (Phi) is 2.85. The van der Waals surface area contributed by atoms with Crippen LogP contribution in [0.15, 0.2) is 23.1 Å². The van der Waals surface area contributed by atoms with E-state index in [0.29, 0.717) is 22.8 Å². The quantitative estimate of drug-likeness (QED) is 0.754. The van der Waals surface area contributed by atoms with Crippen molar-refractivity contribution in [2.24, 2.45) is 0 Å². The van der Waals surface area contributed by atoms with Gasteiger partial charge in [0.05, 0.1) is 5.02 Å². The highest BCUT2D eigenvalue weighted by Gasteiger charge is 2.13. The van der Waals surface area contributed by atoms with Gasteiger partial charge in [-0.1, -0.05) is 11.6 Å². The molecule has 2 aromatic rings. The highest BCUT2D eigenvalue weighted by atomic mass is 35.5. The van der Waals surface area contributed by atoms with Gasteiger partial charge in [0.15, 0.2) is 6.29 Å². The Bertz CT molecular complexity index is 649. The normalized spacial score (nSPS) is 10.5. The van der Waals surface area contributed by atoms with Gasteiger partial charge in [-0.05, 0) is 12.1 Å². The minimum absolute atomic E-state index is 0.0229. The molecule has 0 unspecified atom stereocenters. The van der Waals surface area contributed by atoms with Gasteiger partial charge in [-0.2, -0.15) is 0 Å². The number of aldehydes is 1. The molecule has 88 valence electrons. The third-order valence-corrected chi connectivity index (χ3v) is 2.57. The summed E-state index contributed by atoms with van der Waals surface area (Å²) < 4.78 is 1.26. The second-order valence-corrected chi connectivity index (χ2v) is 4.18. The molecule has 6 heteroatoms. The number of hydrogen-bond donors (Lipinski definition) is 0. The van der Waals surface area contributed by atoms with Crippen LogP contribution in [-0.2, 0) is 0 Å². The van der Waals surface area contributed by atoms with Crippen molar-refractivity contribution in [3.63, 3.8) is 0 Å². The number of halogens is 1. The maximum Gasteiger partial charge on any atom is 0.270 e. The smallest absolute Gasteiger partial charge is 0.270 e. The molecule has 0 fully saturated rings. The molecular weight excluding hydrogens is 242 g/mol. The van der Waals surface area contributed by atoms with Crippen molar-refractivity contribution in [2.45, 2.75) is 0 Å². The Labute approximate surface area is 102 Å². The van der Waals surface area contributed by atoms with Crippen LogP contribution in [0.4, 0.5) is 5.82 Å². The van der Waals surface area contributed by atoms with Crippen LogP contribution in [-0.4, -0.2) is 29.8 Å². The van der Waals surface area contributed by atoms with Crippen molar-refractivity contribution >= 4 is 29.4 Å². The third-order valence-electron chi connectivity index (χ3n) is 2.34. The average molecular weight is 252 g/mol. The van der Waals surface area contributed by atoms with Crippen molar-refractivity contribution in [1.29, 1.82) is 0 Å². The Morgan fingerprint density at radius 3 is 2.71 bits per heavy atom. The number of anilines is 1. The fourth-order valence-corrected chi connectivity index (χ4v) is 1.72. The van der Waals surface area contributed by atoms with E-state index in [1.165, 1.54) is 10.6 Å². The number of nitrogens with zero attached hydrogens (tertiary/aromatic N) is 3. The number of carbonyl (C=O) groups is 1. The topological polar surface area (TPSA) is 54.7 Å². The molecule has 0 saturated heterocycles. The fourth-order valence-electron chi connectivity index (χ4n) is 1.56. The van der Waals surface area contributed by atoms with Crippen molar-refractivity contribution in [3.8, 4) is 0 Å². The lowest BCUT2D eigenvalue weighted by Gasteiger charge is -2.14. The molecule has 0 spiro atoms. The van der Waals surface area contributed by atoms with E-state index < -0.39 is 5.56 Å². The summed E-state index contributed by atoms with van der Waals surface area (Å²) in [5.74, 6) is 0.354. The van der Waals surface area contributed by atoms with Crippen LogP contribution in [0.3, 0.4) is 0 Å². The summed E-state index contributed by atoms with van der Waals surface area (Å²) >= 11 is 5.80. The molecule has 0 atom stereocenters. The van der Waals surface area contributed by atoms with E-state index in [4.69, 9.17) is 11.6 Å². The van der Waals surface area contributed by atoms with Crippen LogP contribution in [0.1, 0.15) is 10.4 Å². The molecule has 0 amide bonds. The van der Waals surface area contributed by atoms with Gasteiger partial charge in [0, 0.05) is 20.3 Å². The van der Waals surface area contributed by atoms with Gasteiger partial charge in [0.25, 0.3) is 5.56 Å². The monoisotopic (exact) mass is 251 g/mol. The number of fused-ring (bicyclic) bond motifs is 1. The summed E-state index contributed by atoms with van der Waals surface area (Å²) in [5.41, 5.74) is 0.0552. The first-order chi connectivity index (χ1) is 8.04. The van der Waals surface area contributed by atoms with Crippen molar-refractivity contribution < 1.29 is 4.79 Å². The van der Waals surface area contributed by atoms with Crippen molar-refractivity contribution in [3.05, 3.63) is 39.3 Å². The number of carbonyl (C=O) groups excluding carboxylic acids is 1. The van der Waals surface area contributed by atoms with Crippen LogP contribution < -0.4 is 10.5 Å². The Morgan fingerprint density at radius 2 is 2.12 bits per heavy atom. The zero-order valence-corrected chi connectivity index (χ0v) is 10.1. The summed E-state index contributed by atoms with van der Waals surface area (Å²) in [5, 5.41) is 0.413. The summed E-state index contributed by atoms with van der Waals surface area (Å²) in [6.45, 7) is 0. The summed E-state index contributed by atoms with van der Waals surface area (Å²) in [6, 6.07) is 3.27. The van der Waals surface area contributed by atoms with E-state index >= 15 is 0 Å². The SMILES string of the molecule is CN(C)c1nc2ccc(Cl)cn2c(=O)c1C=O. The molecule has 0 aliphatic heterocycles. The summed E-state index contributed by atoms with van der Waals surface area (Å²) in [4.78, 5) is 28.9. The number of aromatic nitrogens is 2. The molecule has 2 aromatic heterocycles. The molecule has 2 rings (SSSR count). The van der Waals surface area contributed by atoms with Crippen LogP contribution in [0.5, 0.6) is 0 Å². The first-order valence-electron chi connectivity index (χ1n) is 4.89. The van der Waals surface area contributed by atoms with E-state index in [2.05, 4.69) is 4.98 Å². The minimum atomic E-state index is -0.420. The zero-order chi connectivity index (χ0) is 12.6. The largest absolute Gasteiger partial charge is 0.362 e. The molecule has 0 bridgehead atoms. The second-order valence-electron chi connectivity index (χ2n) is 3.74. The standard InChI is InChI=1S/C11H10ClN3O2/c1-14(2)10-8(6-16)11(17)15-5-7(12)3-4-9(15)13-10/h3-6H,1-2H3. The maximum atomic E-state index is 12.0. The lowest BCUT2D eigenvalue weighted by molar-refractivity contribution is 0.112. The Balaban J connectivity index is 2.93. The number of rotatable bonds is 2. The highest BCUT2D eigenvalue weighted by molar-refractivity contribution is 6.30. The van der Waals surface area contributed by atoms with Gasteiger partial charge in [-0.25, -0.2) is 4.98 Å². The lowest BCUT2D eigenvalue weighted by Crippen LogP contribution is -2.25. The molecule has 0 radical (unpaired) electrons. The maximum absolute atomic E-state index is 12.0. The zero-order valence-electron chi connectivity index (χ0n) is 9.35. The number of hydrogen-bond acceptors (Lipinski definition) is 4. The van der Waals surface area contributed by atoms with Gasteiger partial charge < -0.3 is 4.90 Å². The first-order valence-corrected chi connectivity index (χ1v) is 5.27. The summed E-state index contributed by atoms with van der Waals surface area (Å²) in [7, 11) is 3.45. The summed E-state index contributed by atoms with van der Waals surface area (Å²) in [6.07, 6.45) is 1.96. The lowest BCUT2D eigenvalue weighted by atomic mass is 10.3. The fraction of sp³-hybridized carbons (Fsp3) is 0.182. The third kappa shape index (κ3) is 1.89. The predicted octanol–water partition coefficient (Wildman–Crippen LogP) is 1.23. The molecule has 0 aromatic carbocycles. The van der Waals surface area contributed by atoms with Gasteiger partial charge in [0.1, 0.15) is 17.0 Å². The van der Waals surface area contributed by atoms with Gasteiger partial charge in [-0.15, -0.1) is 0 Å². The molecular formula is C11H10ClN3O2. The average Bonchev–Trinajstić information content (AvgIpc) is 2.29. The van der Waals surface area contributed by atoms with Gasteiger partial charge in [-0.3, -0.25) is 14.0 Å². The molecule has 0 saturated carbocycles. The Morgan fingerprint density at radius 1 is 1.41 bits per heavy atom. The van der Waals surface area contributed by atoms with Crippen LogP contribution >= 0.6 is 11.6 Å². The molecule has 17 heavy (non-hydrogen) atoms. The van der Waals surface area contributed by atoms with Crippen molar-refractivity contribution in [2.75, 3.05) is 19.0 Å².